The minimum absolute atomic E-state index is 0.309. The topological polar surface area (TPSA) is 24.9 Å². The summed E-state index contributed by atoms with van der Waals surface area (Å²) >= 11 is 5.71. The van der Waals surface area contributed by atoms with Gasteiger partial charge in [0, 0.05) is 25.2 Å². The van der Waals surface area contributed by atoms with Crippen LogP contribution in [0.25, 0.3) is 0 Å². The van der Waals surface area contributed by atoms with Crippen molar-refractivity contribution in [3.8, 4) is 0 Å². The standard InChI is InChI=1S/C13H21ClN2/c1-13(2,7-5-8-14)11-15-10-12-6-3-4-9-16-12/h3-4,6,9,15H,5,7-8,10-11H2,1-2H3. The predicted molar refractivity (Wildman–Crippen MR) is 69.7 cm³/mol. The minimum Gasteiger partial charge on any atom is -0.311 e. The first-order valence-electron chi connectivity index (χ1n) is 5.81. The van der Waals surface area contributed by atoms with Gasteiger partial charge in [0.25, 0.3) is 0 Å². The molecule has 16 heavy (non-hydrogen) atoms. The molecule has 0 saturated heterocycles. The van der Waals surface area contributed by atoms with Crippen LogP contribution in [-0.2, 0) is 6.54 Å². The molecular formula is C13H21ClN2. The molecule has 1 heterocycles. The van der Waals surface area contributed by atoms with Crippen molar-refractivity contribution < 1.29 is 0 Å². The highest BCUT2D eigenvalue weighted by Gasteiger charge is 2.16. The van der Waals surface area contributed by atoms with Crippen molar-refractivity contribution in [1.82, 2.24) is 10.3 Å². The van der Waals surface area contributed by atoms with Gasteiger partial charge >= 0.3 is 0 Å². The van der Waals surface area contributed by atoms with Crippen LogP contribution >= 0.6 is 11.6 Å². The molecule has 1 aromatic rings. The molecule has 0 aliphatic carbocycles. The molecule has 0 aromatic carbocycles. The number of pyridine rings is 1. The summed E-state index contributed by atoms with van der Waals surface area (Å²) in [6, 6.07) is 6.00. The number of aromatic nitrogens is 1. The largest absolute Gasteiger partial charge is 0.311 e. The Morgan fingerprint density at radius 2 is 2.19 bits per heavy atom. The van der Waals surface area contributed by atoms with E-state index in [0.717, 1.165) is 37.5 Å². The van der Waals surface area contributed by atoms with Gasteiger partial charge in [-0.15, -0.1) is 11.6 Å². The van der Waals surface area contributed by atoms with Gasteiger partial charge in [0.1, 0.15) is 0 Å². The van der Waals surface area contributed by atoms with Crippen LogP contribution in [0.4, 0.5) is 0 Å². The Labute approximate surface area is 103 Å². The molecule has 0 amide bonds. The van der Waals surface area contributed by atoms with Crippen LogP contribution in [0.5, 0.6) is 0 Å². The van der Waals surface area contributed by atoms with Gasteiger partial charge in [-0.25, -0.2) is 0 Å². The molecule has 0 spiro atoms. The van der Waals surface area contributed by atoms with Gasteiger partial charge in [0.2, 0.25) is 0 Å². The highest BCUT2D eigenvalue weighted by atomic mass is 35.5. The van der Waals surface area contributed by atoms with E-state index >= 15 is 0 Å². The van der Waals surface area contributed by atoms with Crippen molar-refractivity contribution in [3.63, 3.8) is 0 Å². The van der Waals surface area contributed by atoms with Crippen molar-refractivity contribution in [1.29, 1.82) is 0 Å². The predicted octanol–water partition coefficient (Wildman–Crippen LogP) is 3.22. The highest BCUT2D eigenvalue weighted by molar-refractivity contribution is 6.17. The Morgan fingerprint density at radius 3 is 2.81 bits per heavy atom. The molecule has 0 bridgehead atoms. The molecule has 0 saturated carbocycles. The molecule has 2 nitrogen and oxygen atoms in total. The lowest BCUT2D eigenvalue weighted by Gasteiger charge is -2.24. The Hall–Kier alpha value is -0.600. The van der Waals surface area contributed by atoms with Crippen LogP contribution < -0.4 is 5.32 Å². The third-order valence-corrected chi connectivity index (χ3v) is 2.89. The van der Waals surface area contributed by atoms with Crippen LogP contribution in [0.3, 0.4) is 0 Å². The fourth-order valence-corrected chi connectivity index (χ4v) is 1.80. The van der Waals surface area contributed by atoms with E-state index in [4.69, 9.17) is 11.6 Å². The van der Waals surface area contributed by atoms with Gasteiger partial charge < -0.3 is 5.32 Å². The summed E-state index contributed by atoms with van der Waals surface area (Å²) < 4.78 is 0. The molecule has 3 heteroatoms. The van der Waals surface area contributed by atoms with E-state index in [1.165, 1.54) is 0 Å². The molecule has 0 aliphatic heterocycles. The second-order valence-corrected chi connectivity index (χ2v) is 5.26. The summed E-state index contributed by atoms with van der Waals surface area (Å²) in [7, 11) is 0. The zero-order chi connectivity index (χ0) is 11.9. The van der Waals surface area contributed by atoms with Gasteiger partial charge in [0.15, 0.2) is 0 Å². The average molecular weight is 241 g/mol. The third kappa shape index (κ3) is 5.47. The van der Waals surface area contributed by atoms with Gasteiger partial charge in [-0.2, -0.15) is 0 Å². The second kappa shape index (κ2) is 6.87. The molecule has 0 fully saturated rings. The summed E-state index contributed by atoms with van der Waals surface area (Å²) in [5.41, 5.74) is 1.40. The molecule has 90 valence electrons. The van der Waals surface area contributed by atoms with Crippen LogP contribution in [0.1, 0.15) is 32.4 Å². The lowest BCUT2D eigenvalue weighted by atomic mass is 9.88. The Bertz CT molecular complexity index is 285. The van der Waals surface area contributed by atoms with Crippen molar-refractivity contribution in [2.24, 2.45) is 5.41 Å². The van der Waals surface area contributed by atoms with Crippen LogP contribution in [-0.4, -0.2) is 17.4 Å². The fraction of sp³-hybridized carbons (Fsp3) is 0.615. The highest BCUT2D eigenvalue weighted by Crippen LogP contribution is 2.21. The van der Waals surface area contributed by atoms with Gasteiger partial charge in [-0.05, 0) is 30.4 Å². The molecule has 1 aromatic heterocycles. The van der Waals surface area contributed by atoms with Crippen molar-refractivity contribution >= 4 is 11.6 Å². The molecule has 1 rings (SSSR count). The van der Waals surface area contributed by atoms with E-state index in [2.05, 4.69) is 24.1 Å². The molecule has 0 unspecified atom stereocenters. The van der Waals surface area contributed by atoms with Crippen LogP contribution in [0, 0.1) is 5.41 Å². The van der Waals surface area contributed by atoms with Gasteiger partial charge in [0.05, 0.1) is 5.69 Å². The maximum atomic E-state index is 5.71. The fourth-order valence-electron chi connectivity index (χ4n) is 1.67. The third-order valence-electron chi connectivity index (χ3n) is 2.62. The number of rotatable bonds is 7. The maximum Gasteiger partial charge on any atom is 0.0541 e. The quantitative estimate of drug-likeness (QED) is 0.741. The lowest BCUT2D eigenvalue weighted by Crippen LogP contribution is -2.29. The number of alkyl halides is 1. The summed E-state index contributed by atoms with van der Waals surface area (Å²) in [5.74, 6) is 0.754. The van der Waals surface area contributed by atoms with E-state index in [-0.39, 0.29) is 0 Å². The SMILES string of the molecule is CC(C)(CCCCl)CNCc1ccccn1. The van der Waals surface area contributed by atoms with Gasteiger partial charge in [-0.3, -0.25) is 4.98 Å². The van der Waals surface area contributed by atoms with Crippen molar-refractivity contribution in [3.05, 3.63) is 30.1 Å². The van der Waals surface area contributed by atoms with E-state index in [1.54, 1.807) is 0 Å². The minimum atomic E-state index is 0.309. The van der Waals surface area contributed by atoms with Crippen molar-refractivity contribution in [2.75, 3.05) is 12.4 Å². The summed E-state index contributed by atoms with van der Waals surface area (Å²) in [6.45, 7) is 6.38. The summed E-state index contributed by atoms with van der Waals surface area (Å²) in [4.78, 5) is 4.28. The number of halogens is 1. The van der Waals surface area contributed by atoms with Crippen LogP contribution in [0.15, 0.2) is 24.4 Å². The molecule has 0 radical (unpaired) electrons. The Balaban J connectivity index is 2.24. The molecule has 0 aliphatic rings. The smallest absolute Gasteiger partial charge is 0.0541 e. The molecular weight excluding hydrogens is 220 g/mol. The van der Waals surface area contributed by atoms with E-state index in [9.17, 15) is 0 Å². The average Bonchev–Trinajstić information content (AvgIpc) is 2.28. The molecule has 0 atom stereocenters. The van der Waals surface area contributed by atoms with Crippen LogP contribution in [0.2, 0.25) is 0 Å². The lowest BCUT2D eigenvalue weighted by molar-refractivity contribution is 0.310. The normalized spacial score (nSPS) is 11.7. The number of hydrogen-bond donors (Lipinski definition) is 1. The van der Waals surface area contributed by atoms with E-state index in [1.807, 2.05) is 24.4 Å². The summed E-state index contributed by atoms with van der Waals surface area (Å²) in [6.07, 6.45) is 4.07. The number of hydrogen-bond acceptors (Lipinski definition) is 2. The maximum absolute atomic E-state index is 5.71. The van der Waals surface area contributed by atoms with Crippen molar-refractivity contribution in [2.45, 2.75) is 33.2 Å². The first-order chi connectivity index (χ1) is 7.64. The Morgan fingerprint density at radius 1 is 1.38 bits per heavy atom. The van der Waals surface area contributed by atoms with E-state index in [0.29, 0.717) is 5.41 Å². The molecule has 1 N–H and O–H groups in total. The van der Waals surface area contributed by atoms with Gasteiger partial charge in [-0.1, -0.05) is 19.9 Å². The Kier molecular flexibility index (Phi) is 5.78. The zero-order valence-corrected chi connectivity index (χ0v) is 10.9. The number of nitrogens with one attached hydrogen (secondary N) is 1. The first-order valence-corrected chi connectivity index (χ1v) is 6.34. The zero-order valence-electron chi connectivity index (χ0n) is 10.2. The first kappa shape index (κ1) is 13.5. The number of nitrogens with zero attached hydrogens (tertiary/aromatic N) is 1. The second-order valence-electron chi connectivity index (χ2n) is 4.88. The summed E-state index contributed by atoms with van der Waals surface area (Å²) in [5, 5.41) is 3.45. The van der Waals surface area contributed by atoms with E-state index < -0.39 is 0 Å². The monoisotopic (exact) mass is 240 g/mol.